The van der Waals surface area contributed by atoms with Gasteiger partial charge in [0.05, 0.1) is 12.7 Å². The number of esters is 2. The Hall–Kier alpha value is -1.11. The zero-order valence-electron chi connectivity index (χ0n) is 8.24. The third-order valence-corrected chi connectivity index (χ3v) is 2.55. The lowest BCUT2D eigenvalue weighted by Gasteiger charge is -2.05. The molecule has 0 atom stereocenters. The first-order valence-corrected chi connectivity index (χ1v) is 5.18. The number of benzene rings is 1. The highest BCUT2D eigenvalue weighted by molar-refractivity contribution is 14.1. The van der Waals surface area contributed by atoms with Gasteiger partial charge in [0.25, 0.3) is 0 Å². The molecule has 0 saturated carbocycles. The van der Waals surface area contributed by atoms with Gasteiger partial charge in [-0.25, -0.2) is 4.79 Å². The van der Waals surface area contributed by atoms with Crippen molar-refractivity contribution in [3.8, 4) is 5.75 Å². The molecule has 0 heterocycles. The van der Waals surface area contributed by atoms with Crippen LogP contribution in [0.25, 0.3) is 0 Å². The van der Waals surface area contributed by atoms with Crippen LogP contribution in [0.5, 0.6) is 5.75 Å². The molecule has 80 valence electrons. The average Bonchev–Trinajstić information content (AvgIpc) is 2.19. The van der Waals surface area contributed by atoms with Gasteiger partial charge in [-0.1, -0.05) is 0 Å². The number of ether oxygens (including phenoxy) is 2. The summed E-state index contributed by atoms with van der Waals surface area (Å²) in [5, 5.41) is 0. The van der Waals surface area contributed by atoms with Gasteiger partial charge >= 0.3 is 11.9 Å². The van der Waals surface area contributed by atoms with Crippen molar-refractivity contribution in [2.24, 2.45) is 0 Å². The van der Waals surface area contributed by atoms with E-state index in [9.17, 15) is 9.59 Å². The maximum absolute atomic E-state index is 11.3. The Morgan fingerprint density at radius 2 is 2.00 bits per heavy atom. The van der Waals surface area contributed by atoms with E-state index >= 15 is 0 Å². The topological polar surface area (TPSA) is 52.6 Å². The molecule has 0 N–H and O–H groups in total. The standard InChI is InChI=1S/C10H9IO4/c1-6(12)15-7-3-4-9(11)8(5-7)10(13)14-2/h3-5H,1-2H3. The number of carbonyl (C=O) groups is 2. The molecule has 0 unspecified atom stereocenters. The molecule has 0 fully saturated rings. The number of rotatable bonds is 2. The van der Waals surface area contributed by atoms with Gasteiger partial charge in [-0.05, 0) is 40.8 Å². The molecule has 0 amide bonds. The van der Waals surface area contributed by atoms with Crippen LogP contribution in [-0.2, 0) is 9.53 Å². The third kappa shape index (κ3) is 3.19. The predicted molar refractivity (Wildman–Crippen MR) is 61.8 cm³/mol. The van der Waals surface area contributed by atoms with E-state index in [2.05, 4.69) is 4.74 Å². The van der Waals surface area contributed by atoms with Crippen molar-refractivity contribution < 1.29 is 19.1 Å². The summed E-state index contributed by atoms with van der Waals surface area (Å²) < 4.78 is 10.2. The van der Waals surface area contributed by atoms with Gasteiger partial charge in [0, 0.05) is 10.5 Å². The smallest absolute Gasteiger partial charge is 0.339 e. The Morgan fingerprint density at radius 1 is 1.33 bits per heavy atom. The molecule has 0 spiro atoms. The molecule has 0 aromatic heterocycles. The zero-order chi connectivity index (χ0) is 11.4. The van der Waals surface area contributed by atoms with Gasteiger partial charge in [-0.3, -0.25) is 4.79 Å². The number of carbonyl (C=O) groups excluding carboxylic acids is 2. The quantitative estimate of drug-likeness (QED) is 0.475. The van der Waals surface area contributed by atoms with E-state index in [0.29, 0.717) is 11.3 Å². The van der Waals surface area contributed by atoms with E-state index in [0.717, 1.165) is 3.57 Å². The highest BCUT2D eigenvalue weighted by atomic mass is 127. The first-order chi connectivity index (χ1) is 7.04. The SMILES string of the molecule is COC(=O)c1cc(OC(C)=O)ccc1I. The van der Waals surface area contributed by atoms with E-state index < -0.39 is 11.9 Å². The van der Waals surface area contributed by atoms with E-state index in [1.165, 1.54) is 20.1 Å². The Labute approximate surface area is 101 Å². The molecule has 0 aliphatic heterocycles. The molecule has 0 bridgehead atoms. The normalized spacial score (nSPS) is 9.53. The summed E-state index contributed by atoms with van der Waals surface area (Å²) >= 11 is 2.01. The monoisotopic (exact) mass is 320 g/mol. The zero-order valence-corrected chi connectivity index (χ0v) is 10.4. The summed E-state index contributed by atoms with van der Waals surface area (Å²) in [5.74, 6) is -0.538. The fourth-order valence-electron chi connectivity index (χ4n) is 1.00. The van der Waals surface area contributed by atoms with Crippen LogP contribution in [0, 0.1) is 3.57 Å². The first kappa shape index (κ1) is 12.0. The third-order valence-electron chi connectivity index (χ3n) is 1.60. The molecule has 0 radical (unpaired) electrons. The number of halogens is 1. The number of hydrogen-bond donors (Lipinski definition) is 0. The summed E-state index contributed by atoms with van der Waals surface area (Å²) in [6.45, 7) is 1.30. The predicted octanol–water partition coefficient (Wildman–Crippen LogP) is 2.00. The Bertz CT molecular complexity index is 400. The first-order valence-electron chi connectivity index (χ1n) is 4.11. The molecule has 0 saturated heterocycles. The molecular weight excluding hydrogens is 311 g/mol. The number of hydrogen-bond acceptors (Lipinski definition) is 4. The number of methoxy groups -OCH3 is 1. The van der Waals surface area contributed by atoms with Crippen LogP contribution in [-0.4, -0.2) is 19.0 Å². The van der Waals surface area contributed by atoms with Gasteiger partial charge in [0.1, 0.15) is 5.75 Å². The fraction of sp³-hybridized carbons (Fsp3) is 0.200. The summed E-state index contributed by atoms with van der Waals surface area (Å²) in [7, 11) is 1.30. The van der Waals surface area contributed by atoms with Crippen molar-refractivity contribution >= 4 is 34.5 Å². The van der Waals surface area contributed by atoms with Crippen LogP contribution < -0.4 is 4.74 Å². The molecule has 0 aliphatic carbocycles. The van der Waals surface area contributed by atoms with E-state index in [-0.39, 0.29) is 0 Å². The average molecular weight is 320 g/mol. The summed E-state index contributed by atoms with van der Waals surface area (Å²) in [4.78, 5) is 22.0. The van der Waals surface area contributed by atoms with Crippen LogP contribution in [0.1, 0.15) is 17.3 Å². The molecule has 1 aromatic carbocycles. The van der Waals surface area contributed by atoms with Gasteiger partial charge in [0.2, 0.25) is 0 Å². The molecule has 15 heavy (non-hydrogen) atoms. The van der Waals surface area contributed by atoms with E-state index in [1.807, 2.05) is 22.6 Å². The van der Waals surface area contributed by atoms with Crippen LogP contribution in [0.15, 0.2) is 18.2 Å². The van der Waals surface area contributed by atoms with E-state index in [1.54, 1.807) is 12.1 Å². The van der Waals surface area contributed by atoms with Crippen molar-refractivity contribution in [2.45, 2.75) is 6.92 Å². The van der Waals surface area contributed by atoms with Gasteiger partial charge in [-0.2, -0.15) is 0 Å². The van der Waals surface area contributed by atoms with Crippen molar-refractivity contribution in [3.63, 3.8) is 0 Å². The van der Waals surface area contributed by atoms with Gasteiger partial charge in [0.15, 0.2) is 0 Å². The molecule has 1 aromatic rings. The lowest BCUT2D eigenvalue weighted by molar-refractivity contribution is -0.131. The summed E-state index contributed by atoms with van der Waals surface area (Å²) in [6, 6.07) is 4.79. The van der Waals surface area contributed by atoms with Gasteiger partial charge in [-0.15, -0.1) is 0 Å². The summed E-state index contributed by atoms with van der Waals surface area (Å²) in [6.07, 6.45) is 0. The minimum Gasteiger partial charge on any atom is -0.465 e. The Morgan fingerprint density at radius 3 is 2.53 bits per heavy atom. The van der Waals surface area contributed by atoms with Crippen molar-refractivity contribution in [1.29, 1.82) is 0 Å². The lowest BCUT2D eigenvalue weighted by atomic mass is 10.2. The lowest BCUT2D eigenvalue weighted by Crippen LogP contribution is -2.06. The fourth-order valence-corrected chi connectivity index (χ4v) is 1.56. The largest absolute Gasteiger partial charge is 0.465 e. The molecule has 5 heteroatoms. The second-order valence-electron chi connectivity index (χ2n) is 2.73. The maximum atomic E-state index is 11.3. The van der Waals surface area contributed by atoms with Crippen LogP contribution >= 0.6 is 22.6 Å². The maximum Gasteiger partial charge on any atom is 0.339 e. The molecule has 0 aliphatic rings. The second-order valence-corrected chi connectivity index (χ2v) is 3.89. The molecule has 1 rings (SSSR count). The van der Waals surface area contributed by atoms with Crippen molar-refractivity contribution in [3.05, 3.63) is 27.3 Å². The van der Waals surface area contributed by atoms with Crippen molar-refractivity contribution in [2.75, 3.05) is 7.11 Å². The Balaban J connectivity index is 3.05. The van der Waals surface area contributed by atoms with Gasteiger partial charge < -0.3 is 9.47 Å². The molecular formula is C10H9IO4. The highest BCUT2D eigenvalue weighted by Crippen LogP contribution is 2.20. The minimum absolute atomic E-state index is 0.336. The van der Waals surface area contributed by atoms with Crippen LogP contribution in [0.4, 0.5) is 0 Å². The second kappa shape index (κ2) is 5.11. The highest BCUT2D eigenvalue weighted by Gasteiger charge is 2.11. The van der Waals surface area contributed by atoms with Crippen LogP contribution in [0.2, 0.25) is 0 Å². The van der Waals surface area contributed by atoms with Crippen molar-refractivity contribution in [1.82, 2.24) is 0 Å². The Kier molecular flexibility index (Phi) is 4.07. The van der Waals surface area contributed by atoms with E-state index in [4.69, 9.17) is 4.74 Å². The summed E-state index contributed by atoms with van der Waals surface area (Å²) in [5.41, 5.74) is 0.386. The minimum atomic E-state index is -0.451. The van der Waals surface area contributed by atoms with Crippen LogP contribution in [0.3, 0.4) is 0 Å². The molecule has 4 nitrogen and oxygen atoms in total.